The Hall–Kier alpha value is -2.41. The third kappa shape index (κ3) is 2.79. The predicted molar refractivity (Wildman–Crippen MR) is 80.6 cm³/mol. The molecule has 3 rings (SSSR count). The van der Waals surface area contributed by atoms with Crippen LogP contribution in [0.3, 0.4) is 0 Å². The van der Waals surface area contributed by atoms with Gasteiger partial charge in [0.15, 0.2) is 0 Å². The number of hydrogen-bond acceptors (Lipinski definition) is 4. The number of aromatic amines is 1. The molecule has 1 aromatic heterocycles. The standard InChI is InChI=1S/C16H17FN2O4/c1-9-11-4-3-10(17)5-12(11)18-14(9)15(21)19-16(7-23-8-16)6-13(20)22-2/h3-5,18H,6-8H2,1-2H3,(H,19,21). The second kappa shape index (κ2) is 5.66. The number of fused-ring (bicyclic) bond motifs is 1. The number of benzene rings is 1. The molecule has 122 valence electrons. The lowest BCUT2D eigenvalue weighted by Gasteiger charge is -2.41. The lowest BCUT2D eigenvalue weighted by Crippen LogP contribution is -2.63. The topological polar surface area (TPSA) is 80.4 Å². The number of aromatic nitrogens is 1. The van der Waals surface area contributed by atoms with Crippen LogP contribution in [0, 0.1) is 12.7 Å². The van der Waals surface area contributed by atoms with Crippen molar-refractivity contribution < 1.29 is 23.5 Å². The van der Waals surface area contributed by atoms with Crippen LogP contribution >= 0.6 is 0 Å². The zero-order valence-electron chi connectivity index (χ0n) is 12.9. The lowest BCUT2D eigenvalue weighted by molar-refractivity contribution is -0.149. The first kappa shape index (κ1) is 15.5. The van der Waals surface area contributed by atoms with E-state index in [1.54, 1.807) is 13.0 Å². The van der Waals surface area contributed by atoms with E-state index < -0.39 is 11.5 Å². The number of halogens is 1. The zero-order chi connectivity index (χ0) is 16.6. The monoisotopic (exact) mass is 320 g/mol. The van der Waals surface area contributed by atoms with Gasteiger partial charge in [0.25, 0.3) is 5.91 Å². The maximum Gasteiger partial charge on any atom is 0.308 e. The smallest absolute Gasteiger partial charge is 0.308 e. The van der Waals surface area contributed by atoms with Crippen LogP contribution in [0.25, 0.3) is 10.9 Å². The van der Waals surface area contributed by atoms with Crippen LogP contribution in [-0.2, 0) is 14.3 Å². The van der Waals surface area contributed by atoms with Gasteiger partial charge in [0.2, 0.25) is 0 Å². The summed E-state index contributed by atoms with van der Waals surface area (Å²) in [6.45, 7) is 2.29. The number of esters is 1. The van der Waals surface area contributed by atoms with Crippen LogP contribution in [-0.4, -0.2) is 42.7 Å². The number of aryl methyl sites for hydroxylation is 1. The summed E-state index contributed by atoms with van der Waals surface area (Å²) in [6.07, 6.45) is 0.0448. The van der Waals surface area contributed by atoms with Gasteiger partial charge in [-0.2, -0.15) is 0 Å². The third-order valence-electron chi connectivity index (χ3n) is 4.09. The second-order valence-electron chi connectivity index (χ2n) is 5.80. The van der Waals surface area contributed by atoms with Gasteiger partial charge in [-0.1, -0.05) is 0 Å². The molecule has 0 radical (unpaired) electrons. The first-order valence-electron chi connectivity index (χ1n) is 7.19. The first-order chi connectivity index (χ1) is 10.9. The van der Waals surface area contributed by atoms with E-state index in [4.69, 9.17) is 4.74 Å². The maximum atomic E-state index is 13.3. The molecule has 7 heteroatoms. The fraction of sp³-hybridized carbons (Fsp3) is 0.375. The summed E-state index contributed by atoms with van der Waals surface area (Å²) in [5.74, 6) is -1.14. The van der Waals surface area contributed by atoms with Crippen molar-refractivity contribution in [3.63, 3.8) is 0 Å². The molecule has 1 saturated heterocycles. The Morgan fingerprint density at radius 2 is 2.17 bits per heavy atom. The van der Waals surface area contributed by atoms with Crippen LogP contribution in [0.5, 0.6) is 0 Å². The summed E-state index contributed by atoms with van der Waals surface area (Å²) in [4.78, 5) is 27.0. The van der Waals surface area contributed by atoms with E-state index in [1.807, 2.05) is 0 Å². The molecular weight excluding hydrogens is 303 g/mol. The predicted octanol–water partition coefficient (Wildman–Crippen LogP) is 1.68. The number of ether oxygens (including phenoxy) is 2. The summed E-state index contributed by atoms with van der Waals surface area (Å²) < 4.78 is 23.1. The molecule has 0 spiro atoms. The van der Waals surface area contributed by atoms with E-state index in [0.717, 1.165) is 10.9 Å². The van der Waals surface area contributed by atoms with Crippen molar-refractivity contribution in [2.75, 3.05) is 20.3 Å². The van der Waals surface area contributed by atoms with Crippen LogP contribution in [0.4, 0.5) is 4.39 Å². The Labute approximate surface area is 132 Å². The average Bonchev–Trinajstić information content (AvgIpc) is 2.81. The number of hydrogen-bond donors (Lipinski definition) is 2. The summed E-state index contributed by atoms with van der Waals surface area (Å²) in [5.41, 5.74) is 0.881. The summed E-state index contributed by atoms with van der Waals surface area (Å²) >= 11 is 0. The quantitative estimate of drug-likeness (QED) is 0.840. The molecule has 0 unspecified atom stereocenters. The number of rotatable bonds is 4. The molecule has 1 fully saturated rings. The van der Waals surface area contributed by atoms with Gasteiger partial charge in [0.05, 0.1) is 32.3 Å². The minimum Gasteiger partial charge on any atom is -0.469 e. The Morgan fingerprint density at radius 3 is 2.78 bits per heavy atom. The summed E-state index contributed by atoms with van der Waals surface area (Å²) in [5, 5.41) is 3.62. The van der Waals surface area contributed by atoms with E-state index >= 15 is 0 Å². The third-order valence-corrected chi connectivity index (χ3v) is 4.09. The van der Waals surface area contributed by atoms with Gasteiger partial charge < -0.3 is 19.8 Å². The van der Waals surface area contributed by atoms with Gasteiger partial charge in [-0.05, 0) is 30.7 Å². The highest BCUT2D eigenvalue weighted by molar-refractivity contribution is 6.01. The highest BCUT2D eigenvalue weighted by Crippen LogP contribution is 2.25. The van der Waals surface area contributed by atoms with E-state index in [1.165, 1.54) is 19.2 Å². The SMILES string of the molecule is COC(=O)CC1(NC(=O)c2[nH]c3cc(F)ccc3c2C)COC1. The minimum atomic E-state index is -0.751. The Balaban J connectivity index is 1.85. The van der Waals surface area contributed by atoms with Crippen molar-refractivity contribution in [3.8, 4) is 0 Å². The number of nitrogens with one attached hydrogen (secondary N) is 2. The normalized spacial score (nSPS) is 16.0. The second-order valence-corrected chi connectivity index (χ2v) is 5.80. The number of H-pyrrole nitrogens is 1. The summed E-state index contributed by atoms with van der Waals surface area (Å²) in [6, 6.07) is 4.32. The summed E-state index contributed by atoms with van der Waals surface area (Å²) in [7, 11) is 1.30. The Kier molecular flexibility index (Phi) is 3.81. The van der Waals surface area contributed by atoms with Gasteiger partial charge in [0, 0.05) is 10.9 Å². The molecule has 0 atom stereocenters. The van der Waals surface area contributed by atoms with Crippen molar-refractivity contribution in [1.29, 1.82) is 0 Å². The number of carbonyl (C=O) groups is 2. The molecular formula is C16H17FN2O4. The van der Waals surface area contributed by atoms with E-state index in [-0.39, 0.29) is 31.4 Å². The number of amides is 1. The molecule has 6 nitrogen and oxygen atoms in total. The van der Waals surface area contributed by atoms with Crippen molar-refractivity contribution in [2.24, 2.45) is 0 Å². The van der Waals surface area contributed by atoms with E-state index in [2.05, 4.69) is 15.0 Å². The molecule has 0 bridgehead atoms. The Morgan fingerprint density at radius 1 is 1.43 bits per heavy atom. The highest BCUT2D eigenvalue weighted by Gasteiger charge is 2.43. The van der Waals surface area contributed by atoms with Crippen molar-refractivity contribution in [1.82, 2.24) is 10.3 Å². The molecule has 1 amide bonds. The van der Waals surface area contributed by atoms with Gasteiger partial charge in [-0.25, -0.2) is 4.39 Å². The van der Waals surface area contributed by atoms with Crippen molar-refractivity contribution in [2.45, 2.75) is 18.9 Å². The molecule has 2 N–H and O–H groups in total. The average molecular weight is 320 g/mol. The fourth-order valence-electron chi connectivity index (χ4n) is 2.76. The molecule has 1 aliphatic rings. The molecule has 0 saturated carbocycles. The zero-order valence-corrected chi connectivity index (χ0v) is 12.9. The van der Waals surface area contributed by atoms with Gasteiger partial charge in [0.1, 0.15) is 11.5 Å². The van der Waals surface area contributed by atoms with E-state index in [9.17, 15) is 14.0 Å². The fourth-order valence-corrected chi connectivity index (χ4v) is 2.76. The van der Waals surface area contributed by atoms with Crippen molar-refractivity contribution >= 4 is 22.8 Å². The van der Waals surface area contributed by atoms with Crippen LogP contribution in [0.15, 0.2) is 18.2 Å². The largest absolute Gasteiger partial charge is 0.469 e. The highest BCUT2D eigenvalue weighted by atomic mass is 19.1. The molecule has 0 aliphatic carbocycles. The maximum absolute atomic E-state index is 13.3. The molecule has 1 aromatic carbocycles. The van der Waals surface area contributed by atoms with E-state index in [0.29, 0.717) is 11.2 Å². The van der Waals surface area contributed by atoms with Gasteiger partial charge >= 0.3 is 5.97 Å². The van der Waals surface area contributed by atoms with Crippen LogP contribution in [0.1, 0.15) is 22.5 Å². The lowest BCUT2D eigenvalue weighted by atomic mass is 9.92. The molecule has 23 heavy (non-hydrogen) atoms. The van der Waals surface area contributed by atoms with Crippen LogP contribution < -0.4 is 5.32 Å². The van der Waals surface area contributed by atoms with Crippen LogP contribution in [0.2, 0.25) is 0 Å². The number of carbonyl (C=O) groups excluding carboxylic acids is 2. The Bertz CT molecular complexity index is 780. The van der Waals surface area contributed by atoms with Crippen molar-refractivity contribution in [3.05, 3.63) is 35.3 Å². The molecule has 2 heterocycles. The molecule has 2 aromatic rings. The molecule has 1 aliphatic heterocycles. The minimum absolute atomic E-state index is 0.0448. The first-order valence-corrected chi connectivity index (χ1v) is 7.19. The number of methoxy groups -OCH3 is 1. The van der Waals surface area contributed by atoms with Gasteiger partial charge in [-0.15, -0.1) is 0 Å². The van der Waals surface area contributed by atoms with Gasteiger partial charge in [-0.3, -0.25) is 9.59 Å².